The highest BCUT2D eigenvalue weighted by molar-refractivity contribution is 5.98. The maximum Gasteiger partial charge on any atom is 0.254 e. The fourth-order valence-corrected chi connectivity index (χ4v) is 2.37. The Kier molecular flexibility index (Phi) is 3.47. The lowest BCUT2D eigenvalue weighted by Gasteiger charge is -2.07. The average molecular weight is 294 g/mol. The molecule has 0 fully saturated rings. The Bertz CT molecular complexity index is 795. The van der Waals surface area contributed by atoms with E-state index < -0.39 is 0 Å². The third-order valence-corrected chi connectivity index (χ3v) is 3.46. The lowest BCUT2D eigenvalue weighted by Crippen LogP contribution is -2.17. The smallest absolute Gasteiger partial charge is 0.254 e. The number of amides is 1. The van der Waals surface area contributed by atoms with Gasteiger partial charge in [-0.15, -0.1) is 0 Å². The van der Waals surface area contributed by atoms with Crippen molar-refractivity contribution >= 4 is 5.91 Å². The van der Waals surface area contributed by atoms with Gasteiger partial charge in [-0.05, 0) is 23.8 Å². The summed E-state index contributed by atoms with van der Waals surface area (Å²) >= 11 is 0. The second kappa shape index (κ2) is 5.45. The van der Waals surface area contributed by atoms with Gasteiger partial charge in [0.2, 0.25) is 5.88 Å². The van der Waals surface area contributed by atoms with Crippen LogP contribution in [0.5, 0.6) is 11.6 Å². The minimum Gasteiger partial charge on any atom is -0.439 e. The molecular formula is C16H14N4O2. The van der Waals surface area contributed by atoms with Crippen LogP contribution in [0, 0.1) is 11.3 Å². The second-order valence-corrected chi connectivity index (χ2v) is 5.06. The van der Waals surface area contributed by atoms with Crippen molar-refractivity contribution in [2.45, 2.75) is 19.9 Å². The molecule has 1 aliphatic rings. The number of aryl methyl sites for hydroxylation is 1. The summed E-state index contributed by atoms with van der Waals surface area (Å²) in [5.41, 5.74) is 1.90. The summed E-state index contributed by atoms with van der Waals surface area (Å²) in [4.78, 5) is 21.9. The number of ether oxygens (including phenoxy) is 1. The fraction of sp³-hybridized carbons (Fsp3) is 0.250. The molecule has 0 N–H and O–H groups in total. The summed E-state index contributed by atoms with van der Waals surface area (Å²) in [6.45, 7) is 2.48. The predicted octanol–water partition coefficient (Wildman–Crippen LogP) is 2.29. The normalized spacial score (nSPS) is 13.0. The van der Waals surface area contributed by atoms with Crippen molar-refractivity contribution in [3.63, 3.8) is 0 Å². The number of carbonyl (C=O) groups is 1. The van der Waals surface area contributed by atoms with Crippen LogP contribution in [0.3, 0.4) is 0 Å². The van der Waals surface area contributed by atoms with Crippen LogP contribution in [0.4, 0.5) is 0 Å². The number of carbonyl (C=O) groups excluding carboxylic acids is 1. The number of hydrogen-bond acceptors (Lipinski definition) is 5. The van der Waals surface area contributed by atoms with Gasteiger partial charge >= 0.3 is 0 Å². The molecule has 1 aromatic carbocycles. The van der Waals surface area contributed by atoms with Crippen molar-refractivity contribution in [3.8, 4) is 17.7 Å². The van der Waals surface area contributed by atoms with Crippen molar-refractivity contribution in [3.05, 3.63) is 46.9 Å². The van der Waals surface area contributed by atoms with Crippen molar-refractivity contribution in [1.29, 1.82) is 5.26 Å². The molecule has 1 aromatic heterocycles. The first-order valence-corrected chi connectivity index (χ1v) is 6.95. The van der Waals surface area contributed by atoms with Gasteiger partial charge in [-0.1, -0.05) is 6.92 Å². The predicted molar refractivity (Wildman–Crippen MR) is 78.4 cm³/mol. The summed E-state index contributed by atoms with van der Waals surface area (Å²) in [6.07, 6.45) is 0.620. The van der Waals surface area contributed by atoms with Crippen LogP contribution >= 0.6 is 0 Å². The molecule has 0 spiro atoms. The molecule has 1 aliphatic heterocycles. The highest BCUT2D eigenvalue weighted by Crippen LogP contribution is 2.28. The number of benzene rings is 1. The first-order valence-electron chi connectivity index (χ1n) is 6.95. The molecule has 0 aliphatic carbocycles. The van der Waals surface area contributed by atoms with Gasteiger partial charge in [0.15, 0.2) is 0 Å². The van der Waals surface area contributed by atoms with E-state index >= 15 is 0 Å². The third-order valence-electron chi connectivity index (χ3n) is 3.46. The molecule has 0 saturated heterocycles. The Labute approximate surface area is 128 Å². The highest BCUT2D eigenvalue weighted by Gasteiger charge is 2.24. The molecule has 0 saturated carbocycles. The monoisotopic (exact) mass is 294 g/mol. The van der Waals surface area contributed by atoms with Crippen LogP contribution in [0.25, 0.3) is 0 Å². The highest BCUT2D eigenvalue weighted by atomic mass is 16.5. The van der Waals surface area contributed by atoms with Crippen molar-refractivity contribution < 1.29 is 9.53 Å². The van der Waals surface area contributed by atoms with E-state index in [1.165, 1.54) is 6.07 Å². The van der Waals surface area contributed by atoms with Crippen LogP contribution in [0.15, 0.2) is 24.3 Å². The zero-order valence-corrected chi connectivity index (χ0v) is 12.3. The molecule has 110 valence electrons. The summed E-state index contributed by atoms with van der Waals surface area (Å²) in [5, 5.41) is 8.99. The molecule has 2 heterocycles. The number of fused-ring (bicyclic) bond motifs is 1. The van der Waals surface area contributed by atoms with Crippen molar-refractivity contribution in [2.24, 2.45) is 0 Å². The zero-order valence-electron chi connectivity index (χ0n) is 12.3. The number of nitriles is 1. The molecule has 0 atom stereocenters. The van der Waals surface area contributed by atoms with Crippen LogP contribution in [0.1, 0.15) is 34.4 Å². The maximum absolute atomic E-state index is 11.9. The van der Waals surface area contributed by atoms with Crippen LogP contribution < -0.4 is 4.74 Å². The lowest BCUT2D eigenvalue weighted by atomic mass is 10.1. The molecule has 1 amide bonds. The number of hydrogen-bond donors (Lipinski definition) is 0. The molecule has 22 heavy (non-hydrogen) atoms. The van der Waals surface area contributed by atoms with Gasteiger partial charge in [0, 0.05) is 31.6 Å². The molecule has 0 unspecified atom stereocenters. The summed E-state index contributed by atoms with van der Waals surface area (Å²) in [5.74, 6) is 1.50. The Morgan fingerprint density at radius 1 is 1.36 bits per heavy atom. The quantitative estimate of drug-likeness (QED) is 0.867. The fourth-order valence-electron chi connectivity index (χ4n) is 2.37. The second-order valence-electron chi connectivity index (χ2n) is 5.06. The van der Waals surface area contributed by atoms with E-state index in [1.807, 2.05) is 19.1 Å². The van der Waals surface area contributed by atoms with E-state index in [9.17, 15) is 4.79 Å². The molecular weight excluding hydrogens is 280 g/mol. The molecule has 2 aromatic rings. The summed E-state index contributed by atoms with van der Waals surface area (Å²) in [6, 6.07) is 8.82. The van der Waals surface area contributed by atoms with E-state index in [1.54, 1.807) is 24.1 Å². The summed E-state index contributed by atoms with van der Waals surface area (Å²) in [7, 11) is 1.76. The van der Waals surface area contributed by atoms with Crippen LogP contribution in [-0.4, -0.2) is 27.8 Å². The van der Waals surface area contributed by atoms with Gasteiger partial charge in [-0.25, -0.2) is 4.98 Å². The number of nitrogens with zero attached hydrogens (tertiary/aromatic N) is 4. The summed E-state index contributed by atoms with van der Waals surface area (Å²) < 4.78 is 5.73. The van der Waals surface area contributed by atoms with E-state index in [4.69, 9.17) is 10.00 Å². The minimum atomic E-state index is 0.0172. The van der Waals surface area contributed by atoms with Gasteiger partial charge in [-0.2, -0.15) is 10.2 Å². The number of rotatable bonds is 3. The third kappa shape index (κ3) is 2.49. The largest absolute Gasteiger partial charge is 0.439 e. The average Bonchev–Trinajstić information content (AvgIpc) is 2.81. The maximum atomic E-state index is 11.9. The Balaban J connectivity index is 1.90. The first kappa shape index (κ1) is 14.0. The van der Waals surface area contributed by atoms with Crippen molar-refractivity contribution in [2.75, 3.05) is 7.05 Å². The van der Waals surface area contributed by atoms with Crippen molar-refractivity contribution in [1.82, 2.24) is 14.9 Å². The van der Waals surface area contributed by atoms with E-state index in [2.05, 4.69) is 9.97 Å². The van der Waals surface area contributed by atoms with E-state index in [-0.39, 0.29) is 11.6 Å². The minimum absolute atomic E-state index is 0.0172. The Hall–Kier alpha value is -2.94. The zero-order chi connectivity index (χ0) is 15.7. The molecule has 6 nitrogen and oxygen atoms in total. The topological polar surface area (TPSA) is 79.1 Å². The van der Waals surface area contributed by atoms with E-state index in [0.29, 0.717) is 36.0 Å². The van der Waals surface area contributed by atoms with Crippen LogP contribution in [-0.2, 0) is 13.0 Å². The van der Waals surface area contributed by atoms with Gasteiger partial charge in [0.25, 0.3) is 5.91 Å². The number of aromatic nitrogens is 2. The van der Waals surface area contributed by atoms with Gasteiger partial charge in [0.05, 0.1) is 0 Å². The molecule has 3 rings (SSSR count). The standard InChI is InChI=1S/C16H14N4O2/c1-3-14-18-11(8-17)7-15(19-14)22-12-4-5-13-10(6-12)9-20(2)16(13)21/h4-7H,3,9H2,1-2H3. The molecule has 0 bridgehead atoms. The van der Waals surface area contributed by atoms with Gasteiger partial charge in [-0.3, -0.25) is 4.79 Å². The van der Waals surface area contributed by atoms with Gasteiger partial charge in [0.1, 0.15) is 23.3 Å². The SMILES string of the molecule is CCc1nc(C#N)cc(Oc2ccc3c(c2)CN(C)C3=O)n1. The molecule has 0 radical (unpaired) electrons. The van der Waals surface area contributed by atoms with E-state index in [0.717, 1.165) is 5.56 Å². The Morgan fingerprint density at radius 3 is 2.91 bits per heavy atom. The first-order chi connectivity index (χ1) is 10.6. The molecule has 6 heteroatoms. The van der Waals surface area contributed by atoms with Gasteiger partial charge < -0.3 is 9.64 Å². The lowest BCUT2D eigenvalue weighted by molar-refractivity contribution is 0.0816. The Morgan fingerprint density at radius 2 is 2.18 bits per heavy atom. The van der Waals surface area contributed by atoms with Crippen LogP contribution in [0.2, 0.25) is 0 Å².